The second kappa shape index (κ2) is 10.8. The van der Waals surface area contributed by atoms with Crippen LogP contribution in [-0.4, -0.2) is 53.2 Å². The van der Waals surface area contributed by atoms with Crippen LogP contribution in [0.25, 0.3) is 0 Å². The first kappa shape index (κ1) is 22.6. The van der Waals surface area contributed by atoms with Crippen molar-refractivity contribution >= 4 is 11.8 Å². The number of benzene rings is 2. The largest absolute Gasteiger partial charge is 0.507 e. The Hall–Kier alpha value is -3.06. The molecule has 0 aromatic heterocycles. The highest BCUT2D eigenvalue weighted by atomic mass is 16.5. The fraction of sp³-hybridized carbons (Fsp3) is 0.417. The highest BCUT2D eigenvalue weighted by Crippen LogP contribution is 2.29. The maximum Gasteiger partial charge on any atom is 0.258 e. The van der Waals surface area contributed by atoms with E-state index < -0.39 is 11.9 Å². The summed E-state index contributed by atoms with van der Waals surface area (Å²) in [6, 6.07) is 12.3. The van der Waals surface area contributed by atoms with Crippen molar-refractivity contribution < 1.29 is 24.5 Å². The van der Waals surface area contributed by atoms with Crippen molar-refractivity contribution in [1.82, 2.24) is 10.2 Å². The summed E-state index contributed by atoms with van der Waals surface area (Å²) in [6.07, 6.45) is 5.10. The molecule has 1 saturated carbocycles. The zero-order valence-electron chi connectivity index (χ0n) is 17.8. The van der Waals surface area contributed by atoms with Crippen LogP contribution in [0.3, 0.4) is 0 Å². The van der Waals surface area contributed by atoms with Gasteiger partial charge >= 0.3 is 0 Å². The van der Waals surface area contributed by atoms with E-state index in [9.17, 15) is 19.8 Å². The molecule has 0 aliphatic heterocycles. The molecule has 2 aromatic carbocycles. The number of methoxy groups -OCH3 is 1. The van der Waals surface area contributed by atoms with Crippen LogP contribution < -0.4 is 10.1 Å². The number of para-hydroxylation sites is 1. The van der Waals surface area contributed by atoms with Crippen LogP contribution in [0, 0.1) is 0 Å². The first-order valence-corrected chi connectivity index (χ1v) is 10.7. The molecule has 0 bridgehead atoms. The molecule has 2 amide bonds. The van der Waals surface area contributed by atoms with Crippen LogP contribution in [0.1, 0.15) is 54.1 Å². The van der Waals surface area contributed by atoms with Gasteiger partial charge in [0.15, 0.2) is 0 Å². The maximum absolute atomic E-state index is 13.5. The normalized spacial score (nSPS) is 15.2. The predicted molar refractivity (Wildman–Crippen MR) is 117 cm³/mol. The molecular weight excluding hydrogens is 396 g/mol. The second-order valence-electron chi connectivity index (χ2n) is 7.76. The molecule has 1 aliphatic carbocycles. The molecule has 0 heterocycles. The van der Waals surface area contributed by atoms with E-state index in [1.807, 2.05) is 0 Å². The molecule has 2 aromatic rings. The molecule has 7 nitrogen and oxygen atoms in total. The number of amides is 2. The lowest BCUT2D eigenvalue weighted by atomic mass is 9.94. The predicted octanol–water partition coefficient (Wildman–Crippen LogP) is 3.03. The molecule has 0 spiro atoms. The zero-order valence-corrected chi connectivity index (χ0v) is 17.8. The first-order chi connectivity index (χ1) is 15.0. The van der Waals surface area contributed by atoms with Gasteiger partial charge in [-0.1, -0.05) is 43.5 Å². The number of aromatic hydroxyl groups is 1. The van der Waals surface area contributed by atoms with Gasteiger partial charge in [0.1, 0.15) is 17.5 Å². The van der Waals surface area contributed by atoms with Crippen molar-refractivity contribution in [2.75, 3.05) is 20.3 Å². The zero-order chi connectivity index (χ0) is 22.2. The van der Waals surface area contributed by atoms with Gasteiger partial charge in [0, 0.05) is 12.6 Å². The summed E-state index contributed by atoms with van der Waals surface area (Å²) in [5.41, 5.74) is 0.652. The van der Waals surface area contributed by atoms with Crippen molar-refractivity contribution in [3.8, 4) is 11.5 Å². The monoisotopic (exact) mass is 426 g/mol. The van der Waals surface area contributed by atoms with E-state index in [4.69, 9.17) is 4.74 Å². The third-order valence-corrected chi connectivity index (χ3v) is 5.66. The molecule has 1 aliphatic rings. The van der Waals surface area contributed by atoms with Crippen LogP contribution in [0.15, 0.2) is 48.5 Å². The average Bonchev–Trinajstić information content (AvgIpc) is 2.79. The van der Waals surface area contributed by atoms with Crippen LogP contribution in [-0.2, 0) is 4.79 Å². The number of rotatable bonds is 8. The molecule has 1 unspecified atom stereocenters. The standard InChI is InChI=1S/C24H30N2O5/c1-31-19-11-7-8-17(16-19)22(23(29)25-18-9-3-2-4-10-18)26(14-15-27)24(30)20-12-5-6-13-21(20)28/h5-8,11-13,16,18,22,27-28H,2-4,9-10,14-15H2,1H3,(H,25,29). The van der Waals surface area contributed by atoms with E-state index in [2.05, 4.69) is 5.32 Å². The lowest BCUT2D eigenvalue weighted by molar-refractivity contribution is -0.127. The smallest absolute Gasteiger partial charge is 0.258 e. The summed E-state index contributed by atoms with van der Waals surface area (Å²) >= 11 is 0. The van der Waals surface area contributed by atoms with Gasteiger partial charge in [0.05, 0.1) is 19.3 Å². The third-order valence-electron chi connectivity index (χ3n) is 5.66. The van der Waals surface area contributed by atoms with Gasteiger partial charge in [0.2, 0.25) is 5.91 Å². The topological polar surface area (TPSA) is 99.1 Å². The number of phenolic OH excluding ortho intramolecular Hbond substituents is 1. The van der Waals surface area contributed by atoms with Crippen LogP contribution in [0.5, 0.6) is 11.5 Å². The van der Waals surface area contributed by atoms with E-state index in [1.165, 1.54) is 24.1 Å². The molecule has 0 radical (unpaired) electrons. The maximum atomic E-state index is 13.5. The number of hydrogen-bond acceptors (Lipinski definition) is 5. The van der Waals surface area contributed by atoms with E-state index in [0.29, 0.717) is 11.3 Å². The van der Waals surface area contributed by atoms with Gasteiger partial charge < -0.3 is 25.2 Å². The number of nitrogens with one attached hydrogen (secondary N) is 1. The molecule has 166 valence electrons. The molecule has 7 heteroatoms. The van der Waals surface area contributed by atoms with Gasteiger partial charge in [-0.25, -0.2) is 0 Å². The Morgan fingerprint density at radius 3 is 2.55 bits per heavy atom. The SMILES string of the molecule is COc1cccc(C(C(=O)NC2CCCCC2)N(CCO)C(=O)c2ccccc2O)c1. The van der Waals surface area contributed by atoms with Gasteiger partial charge in [-0.15, -0.1) is 0 Å². The highest BCUT2D eigenvalue weighted by Gasteiger charge is 2.34. The minimum atomic E-state index is -0.976. The minimum Gasteiger partial charge on any atom is -0.507 e. The fourth-order valence-corrected chi connectivity index (χ4v) is 4.08. The molecule has 1 atom stereocenters. The number of aliphatic hydroxyl groups is 1. The minimum absolute atomic E-state index is 0.0607. The number of aliphatic hydroxyl groups excluding tert-OH is 1. The number of carbonyl (C=O) groups is 2. The summed E-state index contributed by atoms with van der Waals surface area (Å²) in [4.78, 5) is 28.1. The van der Waals surface area contributed by atoms with E-state index in [0.717, 1.165) is 32.1 Å². The fourth-order valence-electron chi connectivity index (χ4n) is 4.08. The van der Waals surface area contributed by atoms with Gasteiger partial charge in [-0.2, -0.15) is 0 Å². The summed E-state index contributed by atoms with van der Waals surface area (Å²) in [7, 11) is 1.54. The molecule has 1 fully saturated rings. The van der Waals surface area contributed by atoms with Gasteiger partial charge in [-0.05, 0) is 42.7 Å². The van der Waals surface area contributed by atoms with Gasteiger partial charge in [0.25, 0.3) is 5.91 Å². The summed E-state index contributed by atoms with van der Waals surface area (Å²) in [5, 5.41) is 23.0. The van der Waals surface area contributed by atoms with Gasteiger partial charge in [-0.3, -0.25) is 9.59 Å². The molecule has 0 saturated heterocycles. The van der Waals surface area contributed by atoms with E-state index in [-0.39, 0.29) is 36.4 Å². The van der Waals surface area contributed by atoms with Crippen molar-refractivity contribution in [2.24, 2.45) is 0 Å². The Kier molecular flexibility index (Phi) is 7.89. The summed E-state index contributed by atoms with van der Waals surface area (Å²) in [6.45, 7) is -0.385. The molecule has 31 heavy (non-hydrogen) atoms. The number of carbonyl (C=O) groups excluding carboxylic acids is 2. The Morgan fingerprint density at radius 1 is 1.13 bits per heavy atom. The Morgan fingerprint density at radius 2 is 1.87 bits per heavy atom. The lowest BCUT2D eigenvalue weighted by Gasteiger charge is -2.33. The van der Waals surface area contributed by atoms with E-state index in [1.54, 1.807) is 36.4 Å². The Balaban J connectivity index is 1.99. The third kappa shape index (κ3) is 5.55. The number of phenols is 1. The summed E-state index contributed by atoms with van der Waals surface area (Å²) in [5.74, 6) is -0.449. The lowest BCUT2D eigenvalue weighted by Crippen LogP contribution is -2.48. The van der Waals surface area contributed by atoms with Crippen molar-refractivity contribution in [1.29, 1.82) is 0 Å². The van der Waals surface area contributed by atoms with Crippen LogP contribution in [0.2, 0.25) is 0 Å². The molecular formula is C24H30N2O5. The quantitative estimate of drug-likeness (QED) is 0.603. The van der Waals surface area contributed by atoms with Crippen LogP contribution in [0.4, 0.5) is 0 Å². The number of ether oxygens (including phenoxy) is 1. The number of nitrogens with zero attached hydrogens (tertiary/aromatic N) is 1. The Bertz CT molecular complexity index is 895. The van der Waals surface area contributed by atoms with Crippen molar-refractivity contribution in [2.45, 2.75) is 44.2 Å². The average molecular weight is 427 g/mol. The molecule has 3 N–H and O–H groups in total. The van der Waals surface area contributed by atoms with Crippen molar-refractivity contribution in [3.63, 3.8) is 0 Å². The Labute approximate surface area is 182 Å². The summed E-state index contributed by atoms with van der Waals surface area (Å²) < 4.78 is 5.31. The molecule has 3 rings (SSSR count). The number of hydrogen-bond donors (Lipinski definition) is 3. The second-order valence-corrected chi connectivity index (χ2v) is 7.76. The van der Waals surface area contributed by atoms with Crippen LogP contribution >= 0.6 is 0 Å². The van der Waals surface area contributed by atoms with Crippen molar-refractivity contribution in [3.05, 3.63) is 59.7 Å². The first-order valence-electron chi connectivity index (χ1n) is 10.7. The highest BCUT2D eigenvalue weighted by molar-refractivity contribution is 6.00. The van der Waals surface area contributed by atoms with E-state index >= 15 is 0 Å².